The van der Waals surface area contributed by atoms with E-state index in [2.05, 4.69) is 61.4 Å². The number of methoxy groups -OCH3 is 1. The SMILES string of the molecule is COc1cccc(CNCc2cccc(CN(C)C(C)C)c2)c1OC(C)C. The summed E-state index contributed by atoms with van der Waals surface area (Å²) in [5, 5.41) is 3.54. The van der Waals surface area contributed by atoms with Crippen molar-refractivity contribution in [2.24, 2.45) is 0 Å². The highest BCUT2D eigenvalue weighted by atomic mass is 16.5. The fourth-order valence-corrected chi connectivity index (χ4v) is 2.88. The van der Waals surface area contributed by atoms with Gasteiger partial charge in [-0.3, -0.25) is 4.90 Å². The van der Waals surface area contributed by atoms with Gasteiger partial charge in [0.15, 0.2) is 11.5 Å². The Morgan fingerprint density at radius 2 is 1.67 bits per heavy atom. The van der Waals surface area contributed by atoms with Gasteiger partial charge in [-0.2, -0.15) is 0 Å². The van der Waals surface area contributed by atoms with Crippen LogP contribution in [0.1, 0.15) is 44.4 Å². The summed E-state index contributed by atoms with van der Waals surface area (Å²) in [5.41, 5.74) is 3.74. The lowest BCUT2D eigenvalue weighted by molar-refractivity contribution is 0.227. The van der Waals surface area contributed by atoms with Crippen LogP contribution in [-0.4, -0.2) is 31.2 Å². The molecule has 2 rings (SSSR count). The normalized spacial score (nSPS) is 11.4. The first-order chi connectivity index (χ1) is 12.9. The third-order valence-electron chi connectivity index (χ3n) is 4.58. The van der Waals surface area contributed by atoms with Crippen LogP contribution < -0.4 is 14.8 Å². The van der Waals surface area contributed by atoms with E-state index in [1.54, 1.807) is 7.11 Å². The van der Waals surface area contributed by atoms with Crippen LogP contribution in [0.15, 0.2) is 42.5 Å². The largest absolute Gasteiger partial charge is 0.493 e. The predicted octanol–water partition coefficient (Wildman–Crippen LogP) is 4.61. The second kappa shape index (κ2) is 10.3. The van der Waals surface area contributed by atoms with E-state index >= 15 is 0 Å². The van der Waals surface area contributed by atoms with E-state index in [0.29, 0.717) is 6.04 Å². The van der Waals surface area contributed by atoms with Gasteiger partial charge in [0, 0.05) is 31.2 Å². The highest BCUT2D eigenvalue weighted by molar-refractivity contribution is 5.46. The molecule has 4 nitrogen and oxygen atoms in total. The average molecular weight is 371 g/mol. The van der Waals surface area contributed by atoms with Crippen LogP contribution in [-0.2, 0) is 19.6 Å². The van der Waals surface area contributed by atoms with Crippen molar-refractivity contribution in [3.8, 4) is 11.5 Å². The molecule has 0 saturated carbocycles. The van der Waals surface area contributed by atoms with E-state index < -0.39 is 0 Å². The summed E-state index contributed by atoms with van der Waals surface area (Å²) in [6.45, 7) is 11.0. The number of ether oxygens (including phenoxy) is 2. The monoisotopic (exact) mass is 370 g/mol. The number of nitrogens with zero attached hydrogens (tertiary/aromatic N) is 1. The Hall–Kier alpha value is -2.04. The smallest absolute Gasteiger partial charge is 0.166 e. The maximum Gasteiger partial charge on any atom is 0.166 e. The fraction of sp³-hybridized carbons (Fsp3) is 0.478. The Balaban J connectivity index is 2.00. The second-order valence-electron chi connectivity index (χ2n) is 7.55. The highest BCUT2D eigenvalue weighted by Gasteiger charge is 2.12. The highest BCUT2D eigenvalue weighted by Crippen LogP contribution is 2.32. The van der Waals surface area contributed by atoms with Crippen LogP contribution in [0.5, 0.6) is 11.5 Å². The third kappa shape index (κ3) is 6.56. The standard InChI is InChI=1S/C23H34N2O2/c1-17(2)25(5)16-20-10-7-9-19(13-20)14-24-15-21-11-8-12-22(26-6)23(21)27-18(3)4/h7-13,17-18,24H,14-16H2,1-6H3. The molecule has 0 spiro atoms. The maximum atomic E-state index is 5.98. The summed E-state index contributed by atoms with van der Waals surface area (Å²) in [6, 6.07) is 15.4. The van der Waals surface area contributed by atoms with Gasteiger partial charge < -0.3 is 14.8 Å². The third-order valence-corrected chi connectivity index (χ3v) is 4.58. The first-order valence-electron chi connectivity index (χ1n) is 9.72. The molecule has 0 saturated heterocycles. The summed E-state index contributed by atoms with van der Waals surface area (Å²) in [7, 11) is 3.84. The van der Waals surface area contributed by atoms with Crippen molar-refractivity contribution in [2.75, 3.05) is 14.2 Å². The molecule has 0 atom stereocenters. The second-order valence-corrected chi connectivity index (χ2v) is 7.55. The van der Waals surface area contributed by atoms with Crippen LogP contribution in [0.4, 0.5) is 0 Å². The maximum absolute atomic E-state index is 5.98. The number of para-hydroxylation sites is 1. The quantitative estimate of drug-likeness (QED) is 0.662. The Bertz CT molecular complexity index is 713. The van der Waals surface area contributed by atoms with E-state index in [1.807, 2.05) is 26.0 Å². The summed E-state index contributed by atoms with van der Waals surface area (Å²) >= 11 is 0. The average Bonchev–Trinajstić information content (AvgIpc) is 2.62. The number of rotatable bonds is 10. The topological polar surface area (TPSA) is 33.7 Å². The van der Waals surface area contributed by atoms with Crippen molar-refractivity contribution in [3.05, 3.63) is 59.2 Å². The van der Waals surface area contributed by atoms with Gasteiger partial charge in [-0.15, -0.1) is 0 Å². The minimum atomic E-state index is 0.106. The van der Waals surface area contributed by atoms with Crippen molar-refractivity contribution in [3.63, 3.8) is 0 Å². The molecule has 0 amide bonds. The van der Waals surface area contributed by atoms with E-state index in [9.17, 15) is 0 Å². The minimum Gasteiger partial charge on any atom is -0.493 e. The minimum absolute atomic E-state index is 0.106. The number of hydrogen-bond acceptors (Lipinski definition) is 4. The molecule has 0 aromatic heterocycles. The molecule has 0 aliphatic heterocycles. The lowest BCUT2D eigenvalue weighted by atomic mass is 10.1. The molecule has 0 fully saturated rings. The lowest BCUT2D eigenvalue weighted by Gasteiger charge is -2.21. The van der Waals surface area contributed by atoms with Gasteiger partial charge in [0.25, 0.3) is 0 Å². The molecule has 0 aliphatic rings. The van der Waals surface area contributed by atoms with E-state index in [0.717, 1.165) is 36.7 Å². The first-order valence-corrected chi connectivity index (χ1v) is 9.72. The van der Waals surface area contributed by atoms with Gasteiger partial charge in [-0.25, -0.2) is 0 Å². The van der Waals surface area contributed by atoms with Crippen LogP contribution >= 0.6 is 0 Å². The van der Waals surface area contributed by atoms with E-state index in [-0.39, 0.29) is 6.10 Å². The van der Waals surface area contributed by atoms with Crippen molar-refractivity contribution in [2.45, 2.75) is 59.5 Å². The van der Waals surface area contributed by atoms with Crippen LogP contribution in [0, 0.1) is 0 Å². The Labute approximate surface area is 164 Å². The molecule has 0 heterocycles. The van der Waals surface area contributed by atoms with Crippen molar-refractivity contribution < 1.29 is 9.47 Å². The van der Waals surface area contributed by atoms with Gasteiger partial charge in [0.05, 0.1) is 13.2 Å². The van der Waals surface area contributed by atoms with Gasteiger partial charge in [0.2, 0.25) is 0 Å². The zero-order valence-corrected chi connectivity index (χ0v) is 17.6. The molecule has 4 heteroatoms. The molecule has 27 heavy (non-hydrogen) atoms. The summed E-state index contributed by atoms with van der Waals surface area (Å²) in [4.78, 5) is 2.35. The number of hydrogen-bond donors (Lipinski definition) is 1. The molecule has 0 unspecified atom stereocenters. The zero-order valence-electron chi connectivity index (χ0n) is 17.6. The summed E-state index contributed by atoms with van der Waals surface area (Å²) in [5.74, 6) is 1.61. The predicted molar refractivity (Wildman–Crippen MR) is 112 cm³/mol. The number of benzene rings is 2. The molecule has 1 N–H and O–H groups in total. The molecule has 0 aliphatic carbocycles. The van der Waals surface area contributed by atoms with Crippen molar-refractivity contribution in [1.82, 2.24) is 10.2 Å². The zero-order chi connectivity index (χ0) is 19.8. The molecule has 0 radical (unpaired) electrons. The summed E-state index contributed by atoms with van der Waals surface area (Å²) < 4.78 is 11.5. The molecule has 2 aromatic rings. The van der Waals surface area contributed by atoms with Crippen molar-refractivity contribution >= 4 is 0 Å². The Morgan fingerprint density at radius 3 is 2.33 bits per heavy atom. The molecule has 0 bridgehead atoms. The van der Waals surface area contributed by atoms with Crippen LogP contribution in [0.25, 0.3) is 0 Å². The molecular formula is C23H34N2O2. The molecular weight excluding hydrogens is 336 g/mol. The van der Waals surface area contributed by atoms with Gasteiger partial charge >= 0.3 is 0 Å². The van der Waals surface area contributed by atoms with Crippen molar-refractivity contribution in [1.29, 1.82) is 0 Å². The van der Waals surface area contributed by atoms with Gasteiger partial charge in [-0.1, -0.05) is 36.4 Å². The molecule has 148 valence electrons. The Morgan fingerprint density at radius 1 is 0.963 bits per heavy atom. The van der Waals surface area contributed by atoms with E-state index in [4.69, 9.17) is 9.47 Å². The van der Waals surface area contributed by atoms with Gasteiger partial charge in [0.1, 0.15) is 0 Å². The lowest BCUT2D eigenvalue weighted by Crippen LogP contribution is -2.25. The molecule has 2 aromatic carbocycles. The van der Waals surface area contributed by atoms with Crippen LogP contribution in [0.2, 0.25) is 0 Å². The fourth-order valence-electron chi connectivity index (χ4n) is 2.88. The van der Waals surface area contributed by atoms with Crippen LogP contribution in [0.3, 0.4) is 0 Å². The first kappa shape index (κ1) is 21.3. The summed E-state index contributed by atoms with van der Waals surface area (Å²) in [6.07, 6.45) is 0.106. The number of nitrogens with one attached hydrogen (secondary N) is 1. The Kier molecular flexibility index (Phi) is 8.14. The van der Waals surface area contributed by atoms with E-state index in [1.165, 1.54) is 11.1 Å². The van der Waals surface area contributed by atoms with Gasteiger partial charge in [-0.05, 0) is 51.9 Å².